The molecule has 1 aromatic carbocycles. The third-order valence-electron chi connectivity index (χ3n) is 3.76. The molecule has 7 heteroatoms. The van der Waals surface area contributed by atoms with Crippen LogP contribution in [0.25, 0.3) is 0 Å². The summed E-state index contributed by atoms with van der Waals surface area (Å²) in [6.45, 7) is 0.952. The van der Waals surface area contributed by atoms with Gasteiger partial charge in [-0.05, 0) is 17.7 Å². The van der Waals surface area contributed by atoms with Crippen LogP contribution in [0.3, 0.4) is 0 Å². The topological polar surface area (TPSA) is 86.3 Å². The summed E-state index contributed by atoms with van der Waals surface area (Å²) in [5.41, 5.74) is -0.437. The second-order valence-corrected chi connectivity index (χ2v) is 5.23. The fraction of sp³-hybridized carbons (Fsp3) is 0.188. The van der Waals surface area contributed by atoms with Gasteiger partial charge in [-0.2, -0.15) is 5.26 Å². The Labute approximate surface area is 130 Å². The minimum Gasteiger partial charge on any atom is -0.503 e. The molecule has 0 saturated heterocycles. The highest BCUT2D eigenvalue weighted by atomic mass is 19.1. The zero-order valence-electron chi connectivity index (χ0n) is 12.0. The van der Waals surface area contributed by atoms with E-state index in [9.17, 15) is 19.1 Å². The first-order chi connectivity index (χ1) is 11.0. The maximum atomic E-state index is 12.9. The average molecular weight is 313 g/mol. The van der Waals surface area contributed by atoms with Crippen molar-refractivity contribution in [1.82, 2.24) is 9.47 Å². The van der Waals surface area contributed by atoms with Gasteiger partial charge < -0.3 is 14.6 Å². The number of hydrogen-bond acceptors (Lipinski definition) is 4. The van der Waals surface area contributed by atoms with Crippen LogP contribution in [-0.2, 0) is 13.1 Å². The van der Waals surface area contributed by atoms with Gasteiger partial charge in [0.05, 0.1) is 0 Å². The van der Waals surface area contributed by atoms with Crippen LogP contribution in [0.1, 0.15) is 21.6 Å². The van der Waals surface area contributed by atoms with Gasteiger partial charge in [-0.15, -0.1) is 0 Å². The molecule has 0 aliphatic carbocycles. The molecule has 0 fully saturated rings. The van der Waals surface area contributed by atoms with Crippen molar-refractivity contribution in [3.05, 3.63) is 63.3 Å². The van der Waals surface area contributed by atoms with Gasteiger partial charge in [-0.3, -0.25) is 9.59 Å². The summed E-state index contributed by atoms with van der Waals surface area (Å²) in [6.07, 6.45) is 1.28. The molecule has 1 aliphatic rings. The Balaban J connectivity index is 1.95. The van der Waals surface area contributed by atoms with E-state index < -0.39 is 17.1 Å². The van der Waals surface area contributed by atoms with Crippen molar-refractivity contribution in [2.45, 2.75) is 13.1 Å². The molecule has 0 bridgehead atoms. The molecule has 0 spiro atoms. The summed E-state index contributed by atoms with van der Waals surface area (Å²) in [4.78, 5) is 25.8. The van der Waals surface area contributed by atoms with Crippen molar-refractivity contribution < 1.29 is 14.3 Å². The molecule has 1 N–H and O–H groups in total. The van der Waals surface area contributed by atoms with Crippen LogP contribution in [0.4, 0.5) is 4.39 Å². The van der Waals surface area contributed by atoms with Gasteiger partial charge in [0.1, 0.15) is 17.4 Å². The minimum atomic E-state index is -0.851. The average Bonchev–Trinajstić information content (AvgIpc) is 2.55. The van der Waals surface area contributed by atoms with Crippen molar-refractivity contribution in [2.75, 3.05) is 6.54 Å². The van der Waals surface area contributed by atoms with Crippen LogP contribution in [0, 0.1) is 17.1 Å². The molecule has 1 aromatic heterocycles. The molecular formula is C16H12FN3O3. The Morgan fingerprint density at radius 1 is 1.22 bits per heavy atom. The Hall–Kier alpha value is -3.14. The Morgan fingerprint density at radius 2 is 1.91 bits per heavy atom. The SMILES string of the molecule is N#Cc1cn2c(c(O)c1=O)C(=O)N(Cc1ccc(F)cc1)CC2. The lowest BCUT2D eigenvalue weighted by Gasteiger charge is -2.30. The third-order valence-corrected chi connectivity index (χ3v) is 3.76. The number of fused-ring (bicyclic) bond motifs is 1. The lowest BCUT2D eigenvalue weighted by atomic mass is 10.1. The van der Waals surface area contributed by atoms with Crippen LogP contribution in [0.15, 0.2) is 35.3 Å². The maximum Gasteiger partial charge on any atom is 0.274 e. The fourth-order valence-electron chi connectivity index (χ4n) is 2.57. The number of aromatic nitrogens is 1. The molecule has 1 aliphatic heterocycles. The number of pyridine rings is 1. The Morgan fingerprint density at radius 3 is 2.57 bits per heavy atom. The summed E-state index contributed by atoms with van der Waals surface area (Å²) >= 11 is 0. The largest absolute Gasteiger partial charge is 0.503 e. The van der Waals surface area contributed by atoms with E-state index in [0.29, 0.717) is 13.1 Å². The number of nitrogens with zero attached hydrogens (tertiary/aromatic N) is 3. The lowest BCUT2D eigenvalue weighted by Crippen LogP contribution is -2.41. The van der Waals surface area contributed by atoms with Crippen molar-refractivity contribution in [2.24, 2.45) is 0 Å². The number of halogens is 1. The van der Waals surface area contributed by atoms with Crippen molar-refractivity contribution in [3.63, 3.8) is 0 Å². The van der Waals surface area contributed by atoms with Crippen LogP contribution < -0.4 is 5.43 Å². The first-order valence-electron chi connectivity index (χ1n) is 6.91. The number of carbonyl (C=O) groups is 1. The van der Waals surface area contributed by atoms with Crippen LogP contribution >= 0.6 is 0 Å². The molecule has 2 heterocycles. The van der Waals surface area contributed by atoms with Gasteiger partial charge in [0.15, 0.2) is 11.4 Å². The quantitative estimate of drug-likeness (QED) is 0.903. The summed E-state index contributed by atoms with van der Waals surface area (Å²) in [6, 6.07) is 7.46. The highest BCUT2D eigenvalue weighted by Gasteiger charge is 2.29. The predicted molar refractivity (Wildman–Crippen MR) is 78.2 cm³/mol. The van der Waals surface area contributed by atoms with Crippen LogP contribution in [0.5, 0.6) is 5.75 Å². The number of nitriles is 1. The van der Waals surface area contributed by atoms with Crippen molar-refractivity contribution in [3.8, 4) is 11.8 Å². The van der Waals surface area contributed by atoms with E-state index in [4.69, 9.17) is 5.26 Å². The molecule has 3 rings (SSSR count). The summed E-state index contributed by atoms with van der Waals surface area (Å²) in [5.74, 6) is -1.57. The Bertz CT molecular complexity index is 881. The standard InChI is InChI=1S/C16H12FN3O3/c17-12-3-1-10(2-4-12)8-20-6-5-19-9-11(7-18)14(21)15(22)13(19)16(20)23/h1-4,9,22H,5-6,8H2. The van der Waals surface area contributed by atoms with Gasteiger partial charge in [0.25, 0.3) is 5.91 Å². The third kappa shape index (κ3) is 2.55. The zero-order chi connectivity index (χ0) is 16.6. The molecule has 0 atom stereocenters. The Kier molecular flexibility index (Phi) is 3.58. The van der Waals surface area contributed by atoms with E-state index in [1.54, 1.807) is 18.2 Å². The van der Waals surface area contributed by atoms with Crippen molar-refractivity contribution in [1.29, 1.82) is 5.26 Å². The summed E-state index contributed by atoms with van der Waals surface area (Å²) in [5, 5.41) is 18.8. The smallest absolute Gasteiger partial charge is 0.274 e. The van der Waals surface area contributed by atoms with Gasteiger partial charge in [-0.25, -0.2) is 4.39 Å². The van der Waals surface area contributed by atoms with E-state index >= 15 is 0 Å². The molecule has 6 nitrogen and oxygen atoms in total. The maximum absolute atomic E-state index is 12.9. The highest BCUT2D eigenvalue weighted by Crippen LogP contribution is 2.21. The van der Waals surface area contributed by atoms with Crippen LogP contribution in [-0.4, -0.2) is 27.0 Å². The minimum absolute atomic E-state index is 0.123. The van der Waals surface area contributed by atoms with Gasteiger partial charge in [0, 0.05) is 25.8 Å². The first kappa shape index (κ1) is 14.8. The predicted octanol–water partition coefficient (Wildman–Crippen LogP) is 1.22. The molecule has 0 unspecified atom stereocenters. The summed E-state index contributed by atoms with van der Waals surface area (Å²) in [7, 11) is 0. The van der Waals surface area contributed by atoms with Crippen LogP contribution in [0.2, 0.25) is 0 Å². The van der Waals surface area contributed by atoms with Gasteiger partial charge in [0.2, 0.25) is 5.43 Å². The monoisotopic (exact) mass is 313 g/mol. The summed E-state index contributed by atoms with van der Waals surface area (Å²) < 4.78 is 14.3. The second-order valence-electron chi connectivity index (χ2n) is 5.23. The normalized spacial score (nSPS) is 13.6. The van der Waals surface area contributed by atoms with Gasteiger partial charge in [-0.1, -0.05) is 12.1 Å². The molecule has 1 amide bonds. The number of aromatic hydroxyl groups is 1. The van der Waals surface area contributed by atoms with E-state index in [-0.39, 0.29) is 23.6 Å². The molecular weight excluding hydrogens is 301 g/mol. The number of carbonyl (C=O) groups excluding carboxylic acids is 1. The number of hydrogen-bond donors (Lipinski definition) is 1. The van der Waals surface area contributed by atoms with E-state index in [0.717, 1.165) is 5.56 Å². The molecule has 0 saturated carbocycles. The van der Waals surface area contributed by atoms with E-state index in [1.807, 2.05) is 0 Å². The van der Waals surface area contributed by atoms with Crippen molar-refractivity contribution >= 4 is 5.91 Å². The molecule has 23 heavy (non-hydrogen) atoms. The molecule has 116 valence electrons. The number of amides is 1. The molecule has 0 radical (unpaired) electrons. The van der Waals surface area contributed by atoms with E-state index in [2.05, 4.69) is 0 Å². The fourth-order valence-corrected chi connectivity index (χ4v) is 2.57. The second kappa shape index (κ2) is 5.57. The lowest BCUT2D eigenvalue weighted by molar-refractivity contribution is 0.0683. The highest BCUT2D eigenvalue weighted by molar-refractivity contribution is 5.95. The molecule has 2 aromatic rings. The van der Waals surface area contributed by atoms with Gasteiger partial charge >= 0.3 is 0 Å². The zero-order valence-corrected chi connectivity index (χ0v) is 12.0. The number of rotatable bonds is 2. The van der Waals surface area contributed by atoms with E-state index in [1.165, 1.54) is 27.8 Å². The number of benzene rings is 1. The first-order valence-corrected chi connectivity index (χ1v) is 6.91.